The molecule has 0 heterocycles. The Morgan fingerprint density at radius 2 is 1.75 bits per heavy atom. The number of hydrogen-bond acceptors (Lipinski definition) is 1. The predicted octanol–water partition coefficient (Wildman–Crippen LogP) is 5.20. The molecule has 0 saturated carbocycles. The van der Waals surface area contributed by atoms with Crippen LogP contribution in [0.5, 0.6) is 0 Å². The number of benzene rings is 2. The molecule has 2 aromatic carbocycles. The Labute approximate surface area is 130 Å². The molecule has 0 bridgehead atoms. The van der Waals surface area contributed by atoms with Gasteiger partial charge in [-0.05, 0) is 49.2 Å². The molecule has 0 radical (unpaired) electrons. The number of halogens is 2. The molecule has 0 fully saturated rings. The van der Waals surface area contributed by atoms with Gasteiger partial charge in [0.2, 0.25) is 0 Å². The van der Waals surface area contributed by atoms with Crippen LogP contribution in [0.2, 0.25) is 10.0 Å². The maximum absolute atomic E-state index is 6.23. The summed E-state index contributed by atoms with van der Waals surface area (Å²) in [6.07, 6.45) is 1.03. The van der Waals surface area contributed by atoms with Crippen LogP contribution in [0.15, 0.2) is 42.5 Å². The first-order chi connectivity index (χ1) is 9.60. The number of likely N-dealkylation sites (N-methyl/N-ethyl adjacent to an activating group) is 1. The summed E-state index contributed by atoms with van der Waals surface area (Å²) in [4.78, 5) is 0. The second kappa shape index (κ2) is 7.12. The van der Waals surface area contributed by atoms with Crippen LogP contribution >= 0.6 is 23.2 Å². The van der Waals surface area contributed by atoms with Crippen molar-refractivity contribution in [3.05, 3.63) is 58.1 Å². The Balaban J connectivity index is 2.17. The molecule has 0 aromatic heterocycles. The monoisotopic (exact) mass is 307 g/mol. The van der Waals surface area contributed by atoms with Gasteiger partial charge in [-0.2, -0.15) is 0 Å². The first-order valence-corrected chi connectivity index (χ1v) is 7.63. The molecule has 1 N–H and O–H groups in total. The molecule has 0 saturated heterocycles. The van der Waals surface area contributed by atoms with E-state index in [1.807, 2.05) is 12.1 Å². The van der Waals surface area contributed by atoms with E-state index < -0.39 is 0 Å². The molecule has 1 unspecified atom stereocenters. The average molecular weight is 308 g/mol. The molecule has 1 nitrogen and oxygen atoms in total. The van der Waals surface area contributed by atoms with E-state index in [-0.39, 0.29) is 0 Å². The van der Waals surface area contributed by atoms with Gasteiger partial charge in [-0.25, -0.2) is 0 Å². The fourth-order valence-corrected chi connectivity index (χ4v) is 2.71. The highest BCUT2D eigenvalue weighted by Gasteiger charge is 2.06. The third-order valence-corrected chi connectivity index (χ3v) is 3.85. The Morgan fingerprint density at radius 1 is 1.05 bits per heavy atom. The van der Waals surface area contributed by atoms with Crippen LogP contribution < -0.4 is 5.32 Å². The molecular weight excluding hydrogens is 289 g/mol. The van der Waals surface area contributed by atoms with Gasteiger partial charge < -0.3 is 5.32 Å². The van der Waals surface area contributed by atoms with Crippen molar-refractivity contribution in [2.45, 2.75) is 26.3 Å². The second-order valence-corrected chi connectivity index (χ2v) is 5.83. The molecule has 0 aliphatic heterocycles. The molecule has 2 rings (SSSR count). The van der Waals surface area contributed by atoms with E-state index in [2.05, 4.69) is 43.4 Å². The Morgan fingerprint density at radius 3 is 2.40 bits per heavy atom. The predicted molar refractivity (Wildman–Crippen MR) is 88.7 cm³/mol. The second-order valence-electron chi connectivity index (χ2n) is 4.98. The van der Waals surface area contributed by atoms with Gasteiger partial charge in [-0.1, -0.05) is 54.4 Å². The summed E-state index contributed by atoms with van der Waals surface area (Å²) in [6.45, 7) is 5.32. The lowest BCUT2D eigenvalue weighted by molar-refractivity contribution is 0.565. The quantitative estimate of drug-likeness (QED) is 0.800. The van der Waals surface area contributed by atoms with E-state index >= 15 is 0 Å². The van der Waals surface area contributed by atoms with E-state index in [4.69, 9.17) is 23.2 Å². The molecule has 106 valence electrons. The van der Waals surface area contributed by atoms with E-state index in [9.17, 15) is 0 Å². The van der Waals surface area contributed by atoms with Crippen molar-refractivity contribution in [3.63, 3.8) is 0 Å². The van der Waals surface area contributed by atoms with E-state index in [0.29, 0.717) is 11.1 Å². The van der Waals surface area contributed by atoms with Gasteiger partial charge in [-0.15, -0.1) is 0 Å². The number of nitrogens with one attached hydrogen (secondary N) is 1. The maximum Gasteiger partial charge on any atom is 0.0485 e. The minimum absolute atomic E-state index is 0.487. The van der Waals surface area contributed by atoms with E-state index in [1.165, 1.54) is 5.56 Å². The highest BCUT2D eigenvalue weighted by molar-refractivity contribution is 6.35. The first kappa shape index (κ1) is 15.4. The van der Waals surface area contributed by atoms with Gasteiger partial charge in [-0.3, -0.25) is 0 Å². The Kier molecular flexibility index (Phi) is 5.47. The van der Waals surface area contributed by atoms with Crippen LogP contribution in [0.4, 0.5) is 0 Å². The summed E-state index contributed by atoms with van der Waals surface area (Å²) in [5.41, 5.74) is 3.39. The Bertz CT molecular complexity index is 564. The van der Waals surface area contributed by atoms with Crippen LogP contribution in [0.1, 0.15) is 19.4 Å². The summed E-state index contributed by atoms with van der Waals surface area (Å²) in [5.74, 6) is 0. The standard InChI is InChI=1S/C17H19Cl2N/c1-3-20-12(2)10-13-4-6-14(7-5-13)16-11-15(18)8-9-17(16)19/h4-9,11-12,20H,3,10H2,1-2H3. The summed E-state index contributed by atoms with van der Waals surface area (Å²) in [6, 6.07) is 14.5. The summed E-state index contributed by atoms with van der Waals surface area (Å²) in [7, 11) is 0. The summed E-state index contributed by atoms with van der Waals surface area (Å²) < 4.78 is 0. The minimum Gasteiger partial charge on any atom is -0.314 e. The highest BCUT2D eigenvalue weighted by Crippen LogP contribution is 2.30. The van der Waals surface area contributed by atoms with Crippen LogP contribution in [0, 0.1) is 0 Å². The summed E-state index contributed by atoms with van der Waals surface area (Å²) in [5, 5.41) is 4.85. The molecule has 0 aliphatic rings. The molecule has 20 heavy (non-hydrogen) atoms. The summed E-state index contributed by atoms with van der Waals surface area (Å²) >= 11 is 12.3. The van der Waals surface area contributed by atoms with Crippen molar-refractivity contribution in [2.24, 2.45) is 0 Å². The lowest BCUT2D eigenvalue weighted by atomic mass is 10.0. The number of rotatable bonds is 5. The van der Waals surface area contributed by atoms with Crippen LogP contribution in [0.3, 0.4) is 0 Å². The topological polar surface area (TPSA) is 12.0 Å². The molecule has 3 heteroatoms. The van der Waals surface area contributed by atoms with Gasteiger partial charge in [0.05, 0.1) is 0 Å². The van der Waals surface area contributed by atoms with E-state index in [1.54, 1.807) is 6.07 Å². The third kappa shape index (κ3) is 3.99. The Hall–Kier alpha value is -1.02. The van der Waals surface area contributed by atoms with Crippen molar-refractivity contribution < 1.29 is 0 Å². The molecule has 1 atom stereocenters. The maximum atomic E-state index is 6.23. The smallest absolute Gasteiger partial charge is 0.0485 e. The lowest BCUT2D eigenvalue weighted by Gasteiger charge is -2.12. The largest absolute Gasteiger partial charge is 0.314 e. The fraction of sp³-hybridized carbons (Fsp3) is 0.294. The number of hydrogen-bond donors (Lipinski definition) is 1. The molecular formula is C17H19Cl2N. The fourth-order valence-electron chi connectivity index (χ4n) is 2.31. The molecule has 2 aromatic rings. The van der Waals surface area contributed by atoms with Crippen molar-refractivity contribution in [3.8, 4) is 11.1 Å². The van der Waals surface area contributed by atoms with Crippen molar-refractivity contribution in [1.82, 2.24) is 5.32 Å². The van der Waals surface area contributed by atoms with Crippen LogP contribution in [-0.2, 0) is 6.42 Å². The van der Waals surface area contributed by atoms with E-state index in [0.717, 1.165) is 29.1 Å². The van der Waals surface area contributed by atoms with Crippen LogP contribution in [0.25, 0.3) is 11.1 Å². The zero-order valence-electron chi connectivity index (χ0n) is 11.8. The zero-order valence-corrected chi connectivity index (χ0v) is 13.3. The average Bonchev–Trinajstić information content (AvgIpc) is 2.43. The lowest BCUT2D eigenvalue weighted by Crippen LogP contribution is -2.27. The normalized spacial score (nSPS) is 12.4. The minimum atomic E-state index is 0.487. The molecule has 0 spiro atoms. The SMILES string of the molecule is CCNC(C)Cc1ccc(-c2cc(Cl)ccc2Cl)cc1. The molecule has 0 aliphatic carbocycles. The van der Waals surface area contributed by atoms with Crippen LogP contribution in [-0.4, -0.2) is 12.6 Å². The van der Waals surface area contributed by atoms with Gasteiger partial charge in [0, 0.05) is 21.7 Å². The van der Waals surface area contributed by atoms with Gasteiger partial charge in [0.25, 0.3) is 0 Å². The van der Waals surface area contributed by atoms with Gasteiger partial charge in [0.15, 0.2) is 0 Å². The van der Waals surface area contributed by atoms with Gasteiger partial charge in [0.1, 0.15) is 0 Å². The van der Waals surface area contributed by atoms with Crippen molar-refractivity contribution in [1.29, 1.82) is 0 Å². The van der Waals surface area contributed by atoms with Crippen molar-refractivity contribution in [2.75, 3.05) is 6.54 Å². The van der Waals surface area contributed by atoms with Crippen molar-refractivity contribution >= 4 is 23.2 Å². The highest BCUT2D eigenvalue weighted by atomic mass is 35.5. The van der Waals surface area contributed by atoms with Gasteiger partial charge >= 0.3 is 0 Å². The third-order valence-electron chi connectivity index (χ3n) is 3.29. The zero-order chi connectivity index (χ0) is 14.5. The molecule has 0 amide bonds. The first-order valence-electron chi connectivity index (χ1n) is 6.88.